The summed E-state index contributed by atoms with van der Waals surface area (Å²) in [5.41, 5.74) is 1.73. The molecule has 6 heteroatoms. The molecule has 1 aromatic carbocycles. The Morgan fingerprint density at radius 1 is 1.15 bits per heavy atom. The number of benzene rings is 1. The van der Waals surface area contributed by atoms with Crippen molar-refractivity contribution in [2.24, 2.45) is 0 Å². The molecular formula is C21H30N2O3S. The SMILES string of the molecule is C=C(C)CN(CC)C(=O)/C=C/c1ccc(S(=O)(=O)N2CCCCCC2)cc1. The van der Waals surface area contributed by atoms with E-state index in [4.69, 9.17) is 0 Å². The summed E-state index contributed by atoms with van der Waals surface area (Å²) in [5, 5.41) is 0. The zero-order chi connectivity index (χ0) is 19.9. The molecule has 5 nitrogen and oxygen atoms in total. The lowest BCUT2D eigenvalue weighted by Gasteiger charge is -2.20. The molecule has 1 aromatic rings. The van der Waals surface area contributed by atoms with E-state index in [2.05, 4.69) is 6.58 Å². The van der Waals surface area contributed by atoms with Crippen molar-refractivity contribution < 1.29 is 13.2 Å². The molecule has 0 N–H and O–H groups in total. The number of carbonyl (C=O) groups is 1. The molecule has 0 aromatic heterocycles. The summed E-state index contributed by atoms with van der Waals surface area (Å²) in [5.74, 6) is -0.0817. The van der Waals surface area contributed by atoms with Crippen LogP contribution in [0.3, 0.4) is 0 Å². The first-order valence-electron chi connectivity index (χ1n) is 9.56. The largest absolute Gasteiger partial charge is 0.335 e. The van der Waals surface area contributed by atoms with Crippen LogP contribution in [0.15, 0.2) is 47.4 Å². The molecule has 0 unspecified atom stereocenters. The van der Waals surface area contributed by atoms with Crippen LogP contribution in [-0.2, 0) is 14.8 Å². The number of amides is 1. The maximum atomic E-state index is 12.8. The summed E-state index contributed by atoms with van der Waals surface area (Å²) < 4.78 is 27.2. The van der Waals surface area contributed by atoms with Crippen LogP contribution in [0, 0.1) is 0 Å². The molecule has 148 valence electrons. The maximum absolute atomic E-state index is 12.8. The lowest BCUT2D eigenvalue weighted by atomic mass is 10.2. The second-order valence-corrected chi connectivity index (χ2v) is 8.97. The number of hydrogen-bond donors (Lipinski definition) is 0. The highest BCUT2D eigenvalue weighted by molar-refractivity contribution is 7.89. The van der Waals surface area contributed by atoms with Gasteiger partial charge in [-0.2, -0.15) is 4.31 Å². The minimum absolute atomic E-state index is 0.0817. The normalized spacial score (nSPS) is 16.2. The van der Waals surface area contributed by atoms with Crippen molar-refractivity contribution in [1.29, 1.82) is 0 Å². The van der Waals surface area contributed by atoms with Crippen LogP contribution >= 0.6 is 0 Å². The Labute approximate surface area is 163 Å². The average molecular weight is 391 g/mol. The van der Waals surface area contributed by atoms with Gasteiger partial charge in [0.15, 0.2) is 0 Å². The Bertz CT molecular complexity index is 774. The van der Waals surface area contributed by atoms with Gasteiger partial charge in [-0.05, 0) is 50.5 Å². The second kappa shape index (κ2) is 9.85. The van der Waals surface area contributed by atoms with Gasteiger partial charge in [0.05, 0.1) is 4.90 Å². The van der Waals surface area contributed by atoms with Gasteiger partial charge in [-0.25, -0.2) is 8.42 Å². The van der Waals surface area contributed by atoms with E-state index in [9.17, 15) is 13.2 Å². The van der Waals surface area contributed by atoms with Crippen molar-refractivity contribution in [1.82, 2.24) is 9.21 Å². The molecule has 0 saturated carbocycles. The number of carbonyl (C=O) groups excluding carboxylic acids is 1. The van der Waals surface area contributed by atoms with E-state index in [1.54, 1.807) is 39.5 Å². The maximum Gasteiger partial charge on any atom is 0.246 e. The summed E-state index contributed by atoms with van der Waals surface area (Å²) in [7, 11) is -3.44. The lowest BCUT2D eigenvalue weighted by molar-refractivity contribution is -0.125. The third-order valence-electron chi connectivity index (χ3n) is 4.66. The Morgan fingerprint density at radius 2 is 1.74 bits per heavy atom. The first kappa shape index (κ1) is 21.4. The summed E-state index contributed by atoms with van der Waals surface area (Å²) in [6.07, 6.45) is 7.24. The zero-order valence-corrected chi connectivity index (χ0v) is 17.2. The highest BCUT2D eigenvalue weighted by Crippen LogP contribution is 2.21. The molecule has 1 saturated heterocycles. The van der Waals surface area contributed by atoms with Crippen LogP contribution < -0.4 is 0 Å². The van der Waals surface area contributed by atoms with Gasteiger partial charge >= 0.3 is 0 Å². The van der Waals surface area contributed by atoms with Gasteiger partial charge in [0, 0.05) is 32.3 Å². The van der Waals surface area contributed by atoms with Crippen LogP contribution in [-0.4, -0.2) is 49.7 Å². The van der Waals surface area contributed by atoms with Gasteiger partial charge in [0.25, 0.3) is 0 Å². The molecule has 0 aliphatic carbocycles. The Hall–Kier alpha value is -1.92. The molecular weight excluding hydrogens is 360 g/mol. The average Bonchev–Trinajstić information content (AvgIpc) is 2.94. The monoisotopic (exact) mass is 390 g/mol. The Kier molecular flexibility index (Phi) is 7.80. The van der Waals surface area contributed by atoms with Crippen LogP contribution in [0.1, 0.15) is 45.1 Å². The van der Waals surface area contributed by atoms with Crippen molar-refractivity contribution >= 4 is 22.0 Å². The fraction of sp³-hybridized carbons (Fsp3) is 0.476. The molecule has 1 amide bonds. The van der Waals surface area contributed by atoms with E-state index in [0.29, 0.717) is 31.1 Å². The number of hydrogen-bond acceptors (Lipinski definition) is 3. The predicted octanol–water partition coefficient (Wildman–Crippen LogP) is 3.69. The van der Waals surface area contributed by atoms with E-state index in [-0.39, 0.29) is 5.91 Å². The quantitative estimate of drug-likeness (QED) is 0.527. The van der Waals surface area contributed by atoms with E-state index in [0.717, 1.165) is 36.8 Å². The first-order valence-corrected chi connectivity index (χ1v) is 11.0. The topological polar surface area (TPSA) is 57.7 Å². The summed E-state index contributed by atoms with van der Waals surface area (Å²) in [6, 6.07) is 6.72. The van der Waals surface area contributed by atoms with E-state index in [1.807, 2.05) is 13.8 Å². The Balaban J connectivity index is 2.07. The minimum atomic E-state index is -3.44. The van der Waals surface area contributed by atoms with Gasteiger partial charge in [0.1, 0.15) is 0 Å². The third kappa shape index (κ3) is 6.04. The van der Waals surface area contributed by atoms with Crippen LogP contribution in [0.2, 0.25) is 0 Å². The molecule has 0 atom stereocenters. The highest BCUT2D eigenvalue weighted by Gasteiger charge is 2.24. The molecule has 0 spiro atoms. The minimum Gasteiger partial charge on any atom is -0.335 e. The highest BCUT2D eigenvalue weighted by atomic mass is 32.2. The fourth-order valence-electron chi connectivity index (χ4n) is 3.13. The third-order valence-corrected chi connectivity index (χ3v) is 6.57. The molecule has 0 radical (unpaired) electrons. The molecule has 1 heterocycles. The molecule has 1 aliphatic rings. The predicted molar refractivity (Wildman–Crippen MR) is 110 cm³/mol. The molecule has 0 bridgehead atoms. The standard InChI is InChI=1S/C21H30N2O3S/c1-4-22(17-18(2)3)21(24)14-11-19-9-12-20(13-10-19)27(25,26)23-15-7-5-6-8-16-23/h9-14H,2,4-8,15-17H2,1,3H3/b14-11+. The van der Waals surface area contributed by atoms with Crippen LogP contribution in [0.4, 0.5) is 0 Å². The number of likely N-dealkylation sites (N-methyl/N-ethyl adjacent to an activating group) is 1. The van der Waals surface area contributed by atoms with Crippen molar-refractivity contribution in [2.45, 2.75) is 44.4 Å². The van der Waals surface area contributed by atoms with Crippen molar-refractivity contribution in [2.75, 3.05) is 26.2 Å². The van der Waals surface area contributed by atoms with Crippen molar-refractivity contribution in [3.63, 3.8) is 0 Å². The molecule has 27 heavy (non-hydrogen) atoms. The van der Waals surface area contributed by atoms with Gasteiger partial charge in [-0.1, -0.05) is 37.1 Å². The smallest absolute Gasteiger partial charge is 0.246 e. The van der Waals surface area contributed by atoms with Gasteiger partial charge < -0.3 is 4.90 Å². The van der Waals surface area contributed by atoms with Crippen molar-refractivity contribution in [3.8, 4) is 0 Å². The summed E-state index contributed by atoms with van der Waals surface area (Å²) >= 11 is 0. The summed E-state index contributed by atoms with van der Waals surface area (Å²) in [4.78, 5) is 14.3. The van der Waals surface area contributed by atoms with Crippen LogP contribution in [0.5, 0.6) is 0 Å². The fourth-order valence-corrected chi connectivity index (χ4v) is 4.64. The van der Waals surface area contributed by atoms with E-state index >= 15 is 0 Å². The van der Waals surface area contributed by atoms with Gasteiger partial charge in [-0.3, -0.25) is 4.79 Å². The summed E-state index contributed by atoms with van der Waals surface area (Å²) in [6.45, 7) is 9.99. The molecule has 1 aliphatic heterocycles. The van der Waals surface area contributed by atoms with E-state index in [1.165, 1.54) is 6.08 Å². The van der Waals surface area contributed by atoms with Crippen LogP contribution in [0.25, 0.3) is 6.08 Å². The molecule has 2 rings (SSSR count). The lowest BCUT2D eigenvalue weighted by Crippen LogP contribution is -2.31. The van der Waals surface area contributed by atoms with Gasteiger partial charge in [0.2, 0.25) is 15.9 Å². The zero-order valence-electron chi connectivity index (χ0n) is 16.4. The Morgan fingerprint density at radius 3 is 2.26 bits per heavy atom. The first-order chi connectivity index (χ1) is 12.8. The molecule has 1 fully saturated rings. The van der Waals surface area contributed by atoms with Gasteiger partial charge in [-0.15, -0.1) is 0 Å². The number of rotatable bonds is 7. The number of nitrogens with zero attached hydrogens (tertiary/aromatic N) is 2. The van der Waals surface area contributed by atoms with Crippen molar-refractivity contribution in [3.05, 3.63) is 48.1 Å². The van der Waals surface area contributed by atoms with E-state index < -0.39 is 10.0 Å². The number of sulfonamides is 1. The second-order valence-electron chi connectivity index (χ2n) is 7.03.